The van der Waals surface area contributed by atoms with Gasteiger partial charge in [0, 0.05) is 0 Å². The van der Waals surface area contributed by atoms with Gasteiger partial charge >= 0.3 is 5.97 Å². The van der Waals surface area contributed by atoms with Gasteiger partial charge in [-0.1, -0.05) is 0 Å². The van der Waals surface area contributed by atoms with Crippen LogP contribution >= 0.6 is 0 Å². The van der Waals surface area contributed by atoms with Crippen LogP contribution < -0.4 is 9.46 Å². The molecule has 20 heavy (non-hydrogen) atoms. The molecule has 2 atom stereocenters. The highest BCUT2D eigenvalue weighted by atomic mass is 32.2. The number of aliphatic carboxylic acids is 1. The number of halogens is 1. The molecule has 0 saturated heterocycles. The summed E-state index contributed by atoms with van der Waals surface area (Å²) >= 11 is 0. The van der Waals surface area contributed by atoms with Gasteiger partial charge in [0.15, 0.2) is 11.6 Å². The summed E-state index contributed by atoms with van der Waals surface area (Å²) in [5.41, 5.74) is 0. The number of ether oxygens (including phenoxy) is 1. The Morgan fingerprint density at radius 2 is 2.05 bits per heavy atom. The van der Waals surface area contributed by atoms with E-state index < -0.39 is 38.9 Å². The van der Waals surface area contributed by atoms with Crippen LogP contribution in [0.5, 0.6) is 5.75 Å². The van der Waals surface area contributed by atoms with Gasteiger partial charge in [0.25, 0.3) is 0 Å². The van der Waals surface area contributed by atoms with E-state index in [0.717, 1.165) is 19.1 Å². The lowest BCUT2D eigenvalue weighted by molar-refractivity contribution is -0.141. The van der Waals surface area contributed by atoms with Gasteiger partial charge in [0.2, 0.25) is 10.0 Å². The van der Waals surface area contributed by atoms with Crippen molar-refractivity contribution in [3.05, 3.63) is 24.0 Å². The van der Waals surface area contributed by atoms with Gasteiger partial charge in [-0.15, -0.1) is 0 Å². The lowest BCUT2D eigenvalue weighted by Gasteiger charge is -2.17. The van der Waals surface area contributed by atoms with Crippen LogP contribution in [-0.2, 0) is 14.8 Å². The van der Waals surface area contributed by atoms with Crippen LogP contribution in [0, 0.1) is 5.82 Å². The Morgan fingerprint density at radius 3 is 2.45 bits per heavy atom. The summed E-state index contributed by atoms with van der Waals surface area (Å²) in [5.74, 6) is -2.59. The fourth-order valence-electron chi connectivity index (χ4n) is 1.40. The third-order valence-corrected chi connectivity index (χ3v) is 3.90. The molecule has 0 aliphatic heterocycles. The number of carboxylic acids is 1. The number of nitrogens with one attached hydrogen (secondary N) is 1. The molecule has 3 N–H and O–H groups in total. The molecule has 0 aliphatic rings. The van der Waals surface area contributed by atoms with Crippen molar-refractivity contribution in [2.75, 3.05) is 7.11 Å². The van der Waals surface area contributed by atoms with E-state index in [1.54, 1.807) is 4.72 Å². The lowest BCUT2D eigenvalue weighted by Crippen LogP contribution is -2.47. The van der Waals surface area contributed by atoms with Crippen molar-refractivity contribution < 1.29 is 32.6 Å². The monoisotopic (exact) mass is 307 g/mol. The number of hydrogen-bond acceptors (Lipinski definition) is 5. The van der Waals surface area contributed by atoms with Crippen molar-refractivity contribution in [1.29, 1.82) is 0 Å². The van der Waals surface area contributed by atoms with E-state index in [4.69, 9.17) is 5.11 Å². The smallest absolute Gasteiger partial charge is 0.324 e. The lowest BCUT2D eigenvalue weighted by atomic mass is 10.2. The zero-order valence-corrected chi connectivity index (χ0v) is 11.5. The number of sulfonamides is 1. The van der Waals surface area contributed by atoms with Crippen molar-refractivity contribution in [2.24, 2.45) is 0 Å². The number of carbonyl (C=O) groups is 1. The zero-order valence-electron chi connectivity index (χ0n) is 10.7. The maximum Gasteiger partial charge on any atom is 0.324 e. The number of methoxy groups -OCH3 is 1. The highest BCUT2D eigenvalue weighted by molar-refractivity contribution is 7.89. The molecule has 0 amide bonds. The normalized spacial score (nSPS) is 14.6. The van der Waals surface area contributed by atoms with Gasteiger partial charge < -0.3 is 14.9 Å². The maximum atomic E-state index is 13.5. The standard InChI is InChI=1S/C11H14FNO6S/c1-6(14)10(11(15)16)13-20(17,18)7-3-4-9(19-2)8(12)5-7/h3-6,10,13-14H,1-2H3,(H,15,16)/t6-,10+/m1/s1. The van der Waals surface area contributed by atoms with Crippen LogP contribution in [0.1, 0.15) is 6.92 Å². The van der Waals surface area contributed by atoms with E-state index in [-0.39, 0.29) is 5.75 Å². The van der Waals surface area contributed by atoms with Crippen molar-refractivity contribution in [1.82, 2.24) is 4.72 Å². The van der Waals surface area contributed by atoms with Crippen LogP contribution in [0.4, 0.5) is 4.39 Å². The zero-order chi connectivity index (χ0) is 15.5. The Hall–Kier alpha value is -1.71. The summed E-state index contributed by atoms with van der Waals surface area (Å²) in [4.78, 5) is 10.4. The summed E-state index contributed by atoms with van der Waals surface area (Å²) in [6, 6.07) is 1.13. The van der Waals surface area contributed by atoms with Crippen LogP contribution in [0.15, 0.2) is 23.1 Å². The van der Waals surface area contributed by atoms with E-state index in [2.05, 4.69) is 4.74 Å². The van der Waals surface area contributed by atoms with Crippen molar-refractivity contribution in [3.8, 4) is 5.75 Å². The van der Waals surface area contributed by atoms with E-state index in [9.17, 15) is 22.7 Å². The Balaban J connectivity index is 3.11. The highest BCUT2D eigenvalue weighted by Gasteiger charge is 2.29. The number of aliphatic hydroxyl groups is 1. The summed E-state index contributed by atoms with van der Waals surface area (Å²) in [5, 5.41) is 18.0. The van der Waals surface area contributed by atoms with Crippen LogP contribution in [0.25, 0.3) is 0 Å². The molecule has 0 heterocycles. The first-order valence-corrected chi connectivity index (χ1v) is 6.94. The van der Waals surface area contributed by atoms with Crippen LogP contribution in [-0.4, -0.2) is 43.9 Å². The second-order valence-corrected chi connectivity index (χ2v) is 5.69. The predicted molar refractivity (Wildman–Crippen MR) is 66.4 cm³/mol. The van der Waals surface area contributed by atoms with Gasteiger partial charge in [-0.25, -0.2) is 12.8 Å². The minimum absolute atomic E-state index is 0.144. The number of carboxylic acid groups (broad SMARTS) is 1. The molecule has 112 valence electrons. The summed E-state index contributed by atoms with van der Waals surface area (Å²) in [7, 11) is -3.06. The Labute approximate surface area is 115 Å². The Morgan fingerprint density at radius 1 is 1.45 bits per heavy atom. The number of aliphatic hydroxyl groups excluding tert-OH is 1. The molecule has 0 unspecified atom stereocenters. The fourth-order valence-corrected chi connectivity index (χ4v) is 2.68. The fraction of sp³-hybridized carbons (Fsp3) is 0.364. The second-order valence-electron chi connectivity index (χ2n) is 3.97. The average molecular weight is 307 g/mol. The SMILES string of the molecule is COc1ccc(S(=O)(=O)N[C@H](C(=O)O)[C@@H](C)O)cc1F. The molecule has 0 radical (unpaired) electrons. The van der Waals surface area contributed by atoms with Gasteiger partial charge in [-0.3, -0.25) is 4.79 Å². The minimum atomic E-state index is -4.28. The molecule has 0 aliphatic carbocycles. The Kier molecular flexibility index (Phi) is 5.03. The molecule has 9 heteroatoms. The number of rotatable bonds is 6. The summed E-state index contributed by atoms with van der Waals surface area (Å²) in [6.45, 7) is 1.12. The van der Waals surface area contributed by atoms with Crippen LogP contribution in [0.3, 0.4) is 0 Å². The molecule has 0 fully saturated rings. The first-order valence-electron chi connectivity index (χ1n) is 5.45. The molecule has 1 aromatic rings. The molecule has 0 aromatic heterocycles. The summed E-state index contributed by atoms with van der Waals surface area (Å²) in [6.07, 6.45) is -1.45. The highest BCUT2D eigenvalue weighted by Crippen LogP contribution is 2.20. The average Bonchev–Trinajstić information content (AvgIpc) is 2.35. The van der Waals surface area contributed by atoms with E-state index >= 15 is 0 Å². The minimum Gasteiger partial charge on any atom is -0.494 e. The maximum absolute atomic E-state index is 13.5. The second kappa shape index (κ2) is 6.16. The van der Waals surface area contributed by atoms with Gasteiger partial charge in [0.05, 0.1) is 18.1 Å². The predicted octanol–water partition coefficient (Wildman–Crippen LogP) is -0.0534. The molecule has 7 nitrogen and oxygen atoms in total. The van der Waals surface area contributed by atoms with Crippen molar-refractivity contribution in [3.63, 3.8) is 0 Å². The first-order chi connectivity index (χ1) is 9.19. The molecule has 0 bridgehead atoms. The quantitative estimate of drug-likeness (QED) is 0.679. The molecule has 0 saturated carbocycles. The molecule has 1 rings (SSSR count). The Bertz CT molecular complexity index is 601. The first kappa shape index (κ1) is 16.3. The number of benzene rings is 1. The van der Waals surface area contributed by atoms with Gasteiger partial charge in [-0.05, 0) is 25.1 Å². The van der Waals surface area contributed by atoms with E-state index in [1.165, 1.54) is 7.11 Å². The molecular weight excluding hydrogens is 293 g/mol. The summed E-state index contributed by atoms with van der Waals surface area (Å²) < 4.78 is 43.7. The van der Waals surface area contributed by atoms with Crippen LogP contribution in [0.2, 0.25) is 0 Å². The largest absolute Gasteiger partial charge is 0.494 e. The van der Waals surface area contributed by atoms with Gasteiger partial charge in [-0.2, -0.15) is 4.72 Å². The molecule has 1 aromatic carbocycles. The third kappa shape index (κ3) is 3.65. The van der Waals surface area contributed by atoms with Crippen molar-refractivity contribution >= 4 is 16.0 Å². The van der Waals surface area contributed by atoms with E-state index in [1.807, 2.05) is 0 Å². The van der Waals surface area contributed by atoms with E-state index in [0.29, 0.717) is 6.07 Å². The molecular formula is C11H14FNO6S. The molecule has 0 spiro atoms. The number of hydrogen-bond donors (Lipinski definition) is 3. The third-order valence-electron chi connectivity index (χ3n) is 2.46. The van der Waals surface area contributed by atoms with Gasteiger partial charge in [0.1, 0.15) is 6.04 Å². The van der Waals surface area contributed by atoms with Crippen molar-refractivity contribution in [2.45, 2.75) is 24.0 Å². The topological polar surface area (TPSA) is 113 Å².